The third-order valence-electron chi connectivity index (χ3n) is 3.09. The van der Waals surface area contributed by atoms with Crippen LogP contribution in [0.3, 0.4) is 0 Å². The number of furan rings is 1. The minimum atomic E-state index is -3.75. The normalized spacial score (nSPS) is 11.5. The lowest BCUT2D eigenvalue weighted by atomic mass is 10.2. The number of nitrogens with two attached hydrogens (primary N) is 1. The van der Waals surface area contributed by atoms with Crippen LogP contribution in [0, 0.1) is 0 Å². The second-order valence-corrected chi connectivity index (χ2v) is 6.23. The molecular weight excluding hydrogens is 304 g/mol. The number of hydrogen-bond acceptors (Lipinski definition) is 4. The van der Waals surface area contributed by atoms with Crippen LogP contribution in [0.25, 0.3) is 11.0 Å². The molecule has 0 spiro atoms. The second kappa shape index (κ2) is 5.28. The molecule has 1 amide bonds. The van der Waals surface area contributed by atoms with E-state index in [4.69, 9.17) is 9.56 Å². The van der Waals surface area contributed by atoms with E-state index in [1.807, 2.05) is 18.2 Å². The Morgan fingerprint density at radius 2 is 1.73 bits per heavy atom. The molecular formula is C15H12N2O4S. The molecule has 0 saturated carbocycles. The smallest absolute Gasteiger partial charge is 0.291 e. The average Bonchev–Trinajstić information content (AvgIpc) is 2.91. The first-order valence-corrected chi connectivity index (χ1v) is 7.91. The summed E-state index contributed by atoms with van der Waals surface area (Å²) in [6.07, 6.45) is 0. The molecule has 3 aromatic rings. The fourth-order valence-corrected chi connectivity index (χ4v) is 2.53. The molecule has 0 aliphatic rings. The zero-order valence-corrected chi connectivity index (χ0v) is 12.1. The Hall–Kier alpha value is -2.64. The van der Waals surface area contributed by atoms with Gasteiger partial charge in [-0.05, 0) is 36.4 Å². The van der Waals surface area contributed by atoms with Gasteiger partial charge in [0.25, 0.3) is 5.91 Å². The zero-order chi connectivity index (χ0) is 15.7. The van der Waals surface area contributed by atoms with E-state index < -0.39 is 15.9 Å². The summed E-state index contributed by atoms with van der Waals surface area (Å²) in [4.78, 5) is 12.1. The van der Waals surface area contributed by atoms with Crippen molar-refractivity contribution in [3.8, 4) is 0 Å². The molecule has 0 aliphatic heterocycles. The van der Waals surface area contributed by atoms with Crippen molar-refractivity contribution in [3.05, 3.63) is 60.4 Å². The van der Waals surface area contributed by atoms with Crippen molar-refractivity contribution in [2.24, 2.45) is 5.14 Å². The van der Waals surface area contributed by atoms with Gasteiger partial charge in [-0.15, -0.1) is 0 Å². The maximum atomic E-state index is 12.1. The average molecular weight is 316 g/mol. The monoisotopic (exact) mass is 316 g/mol. The van der Waals surface area contributed by atoms with E-state index in [-0.39, 0.29) is 10.7 Å². The number of hydrogen-bond donors (Lipinski definition) is 2. The molecule has 0 atom stereocenters. The Balaban J connectivity index is 1.82. The predicted molar refractivity (Wildman–Crippen MR) is 82.0 cm³/mol. The summed E-state index contributed by atoms with van der Waals surface area (Å²) in [5.74, 6) is -0.240. The minimum absolute atomic E-state index is 0.0192. The summed E-state index contributed by atoms with van der Waals surface area (Å²) in [5, 5.41) is 8.47. The van der Waals surface area contributed by atoms with Gasteiger partial charge < -0.3 is 9.73 Å². The zero-order valence-electron chi connectivity index (χ0n) is 11.3. The van der Waals surface area contributed by atoms with Crippen molar-refractivity contribution in [3.63, 3.8) is 0 Å². The summed E-state index contributed by atoms with van der Waals surface area (Å²) >= 11 is 0. The Labute approximate surface area is 126 Å². The van der Waals surface area contributed by atoms with Gasteiger partial charge >= 0.3 is 0 Å². The molecule has 3 N–H and O–H groups in total. The Morgan fingerprint density at radius 3 is 2.36 bits per heavy atom. The molecule has 0 unspecified atom stereocenters. The number of para-hydroxylation sites is 1. The number of amides is 1. The van der Waals surface area contributed by atoms with Crippen molar-refractivity contribution in [1.29, 1.82) is 0 Å². The van der Waals surface area contributed by atoms with E-state index >= 15 is 0 Å². The molecule has 6 nitrogen and oxygen atoms in total. The number of sulfonamides is 1. The van der Waals surface area contributed by atoms with E-state index in [2.05, 4.69) is 5.32 Å². The van der Waals surface area contributed by atoms with Crippen LogP contribution >= 0.6 is 0 Å². The van der Waals surface area contributed by atoms with Crippen molar-refractivity contribution >= 4 is 32.6 Å². The summed E-state index contributed by atoms with van der Waals surface area (Å²) < 4.78 is 27.8. The van der Waals surface area contributed by atoms with Gasteiger partial charge in [0, 0.05) is 11.1 Å². The Morgan fingerprint density at radius 1 is 1.05 bits per heavy atom. The van der Waals surface area contributed by atoms with Crippen LogP contribution in [-0.4, -0.2) is 14.3 Å². The number of rotatable bonds is 3. The number of carbonyl (C=O) groups is 1. The molecule has 1 aromatic heterocycles. The highest BCUT2D eigenvalue weighted by Crippen LogP contribution is 2.20. The van der Waals surface area contributed by atoms with E-state index in [1.165, 1.54) is 24.3 Å². The maximum absolute atomic E-state index is 12.1. The lowest BCUT2D eigenvalue weighted by Crippen LogP contribution is -2.13. The maximum Gasteiger partial charge on any atom is 0.291 e. The molecule has 2 aromatic carbocycles. The van der Waals surface area contributed by atoms with Crippen molar-refractivity contribution < 1.29 is 17.6 Å². The lowest BCUT2D eigenvalue weighted by molar-refractivity contribution is 0.0998. The molecule has 22 heavy (non-hydrogen) atoms. The van der Waals surface area contributed by atoms with Gasteiger partial charge in [0.05, 0.1) is 4.90 Å². The van der Waals surface area contributed by atoms with Crippen LogP contribution in [0.5, 0.6) is 0 Å². The molecule has 3 rings (SSSR count). The third kappa shape index (κ3) is 2.85. The van der Waals surface area contributed by atoms with Gasteiger partial charge in [-0.25, -0.2) is 13.6 Å². The summed E-state index contributed by atoms with van der Waals surface area (Å²) in [6.45, 7) is 0. The van der Waals surface area contributed by atoms with Gasteiger partial charge in [-0.1, -0.05) is 18.2 Å². The molecule has 112 valence electrons. The number of carbonyl (C=O) groups excluding carboxylic acids is 1. The standard InChI is InChI=1S/C15H12N2O4S/c16-22(19,20)12-7-5-11(6-8-12)17-15(18)14-9-10-3-1-2-4-13(10)21-14/h1-9H,(H,17,18)(H2,16,19,20). The van der Waals surface area contributed by atoms with Gasteiger partial charge in [0.1, 0.15) is 5.58 Å². The van der Waals surface area contributed by atoms with Crippen LogP contribution in [0.1, 0.15) is 10.6 Å². The summed E-state index contributed by atoms with van der Waals surface area (Å²) in [7, 11) is -3.75. The largest absolute Gasteiger partial charge is 0.451 e. The Bertz CT molecular complexity index is 910. The first-order valence-electron chi connectivity index (χ1n) is 6.36. The van der Waals surface area contributed by atoms with E-state index in [0.717, 1.165) is 5.39 Å². The van der Waals surface area contributed by atoms with Crippen molar-refractivity contribution in [2.75, 3.05) is 5.32 Å². The number of fused-ring (bicyclic) bond motifs is 1. The van der Waals surface area contributed by atoms with Crippen LogP contribution in [-0.2, 0) is 10.0 Å². The highest BCUT2D eigenvalue weighted by molar-refractivity contribution is 7.89. The van der Waals surface area contributed by atoms with E-state index in [9.17, 15) is 13.2 Å². The SMILES string of the molecule is NS(=O)(=O)c1ccc(NC(=O)c2cc3ccccc3o2)cc1. The number of anilines is 1. The topological polar surface area (TPSA) is 102 Å². The number of benzene rings is 2. The fourth-order valence-electron chi connectivity index (χ4n) is 2.01. The van der Waals surface area contributed by atoms with Gasteiger partial charge in [-0.3, -0.25) is 4.79 Å². The van der Waals surface area contributed by atoms with Crippen LogP contribution < -0.4 is 10.5 Å². The van der Waals surface area contributed by atoms with Gasteiger partial charge in [0.2, 0.25) is 10.0 Å². The summed E-state index contributed by atoms with van der Waals surface area (Å²) in [6, 6.07) is 14.5. The van der Waals surface area contributed by atoms with Gasteiger partial charge in [0.15, 0.2) is 5.76 Å². The van der Waals surface area contributed by atoms with Crippen LogP contribution in [0.2, 0.25) is 0 Å². The fraction of sp³-hybridized carbons (Fsp3) is 0. The third-order valence-corrected chi connectivity index (χ3v) is 4.02. The first-order chi connectivity index (χ1) is 10.4. The number of primary sulfonamides is 1. The lowest BCUT2D eigenvalue weighted by Gasteiger charge is -2.04. The van der Waals surface area contributed by atoms with E-state index in [0.29, 0.717) is 11.3 Å². The molecule has 0 saturated heterocycles. The highest BCUT2D eigenvalue weighted by atomic mass is 32.2. The summed E-state index contributed by atoms with van der Waals surface area (Å²) in [5.41, 5.74) is 1.06. The molecule has 7 heteroatoms. The molecule has 0 radical (unpaired) electrons. The van der Waals surface area contributed by atoms with Gasteiger partial charge in [-0.2, -0.15) is 0 Å². The second-order valence-electron chi connectivity index (χ2n) is 4.67. The van der Waals surface area contributed by atoms with Crippen molar-refractivity contribution in [1.82, 2.24) is 0 Å². The quantitative estimate of drug-likeness (QED) is 0.774. The van der Waals surface area contributed by atoms with Crippen LogP contribution in [0.15, 0.2) is 63.9 Å². The molecule has 0 aliphatic carbocycles. The predicted octanol–water partition coefficient (Wildman–Crippen LogP) is 2.33. The minimum Gasteiger partial charge on any atom is -0.451 e. The molecule has 0 bridgehead atoms. The van der Waals surface area contributed by atoms with E-state index in [1.54, 1.807) is 12.1 Å². The highest BCUT2D eigenvalue weighted by Gasteiger charge is 2.13. The van der Waals surface area contributed by atoms with Crippen molar-refractivity contribution in [2.45, 2.75) is 4.90 Å². The van der Waals surface area contributed by atoms with Crippen LogP contribution in [0.4, 0.5) is 5.69 Å². The Kier molecular flexibility index (Phi) is 3.44. The number of nitrogens with one attached hydrogen (secondary N) is 1. The molecule has 0 fully saturated rings. The first kappa shape index (κ1) is 14.3. The molecule has 1 heterocycles.